The number of ketones is 1. The number of hydrogen-bond acceptors (Lipinski definition) is 6. The van der Waals surface area contributed by atoms with E-state index in [4.69, 9.17) is 15.6 Å². The van der Waals surface area contributed by atoms with Crippen LogP contribution >= 0.6 is 0 Å². The van der Waals surface area contributed by atoms with E-state index in [0.29, 0.717) is 49.3 Å². The van der Waals surface area contributed by atoms with Crippen LogP contribution in [0.3, 0.4) is 0 Å². The van der Waals surface area contributed by atoms with Gasteiger partial charge in [0.2, 0.25) is 5.71 Å². The molecule has 2 N–H and O–H groups in total. The van der Waals surface area contributed by atoms with Crippen molar-refractivity contribution >= 4 is 22.8 Å². The number of aromatic nitrogens is 1. The third-order valence-corrected chi connectivity index (χ3v) is 8.26. The van der Waals surface area contributed by atoms with Crippen LogP contribution < -0.4 is 5.32 Å². The van der Waals surface area contributed by atoms with Crippen LogP contribution in [0.15, 0.2) is 46.9 Å². The predicted molar refractivity (Wildman–Crippen MR) is 138 cm³/mol. The van der Waals surface area contributed by atoms with E-state index in [1.54, 1.807) is 6.07 Å². The van der Waals surface area contributed by atoms with E-state index in [-0.39, 0.29) is 17.0 Å². The number of amides is 1. The van der Waals surface area contributed by atoms with Crippen molar-refractivity contribution in [3.63, 3.8) is 0 Å². The number of aliphatic hydroxyl groups is 1. The summed E-state index contributed by atoms with van der Waals surface area (Å²) in [6.45, 7) is 0.594. The van der Waals surface area contributed by atoms with Crippen LogP contribution in [0.5, 0.6) is 0 Å². The van der Waals surface area contributed by atoms with Crippen molar-refractivity contribution in [2.45, 2.75) is 62.5 Å². The highest BCUT2D eigenvalue weighted by atomic mass is 16.5. The second-order valence-corrected chi connectivity index (χ2v) is 10.9. The summed E-state index contributed by atoms with van der Waals surface area (Å²) < 4.78 is 11.0. The molecular weight excluding hydrogens is 468 g/mol. The normalized spacial score (nSPS) is 21.0. The zero-order valence-corrected chi connectivity index (χ0v) is 20.7. The number of pyridine rings is 1. The van der Waals surface area contributed by atoms with Gasteiger partial charge in [0.15, 0.2) is 11.5 Å². The quantitative estimate of drug-likeness (QED) is 0.465. The molecule has 3 heterocycles. The minimum Gasteiger partial charge on any atom is -0.433 e. The van der Waals surface area contributed by atoms with Crippen LogP contribution in [0.4, 0.5) is 0 Å². The average molecular weight is 499 g/mol. The number of rotatable bonds is 7. The Kier molecular flexibility index (Phi) is 5.70. The molecule has 190 valence electrons. The van der Waals surface area contributed by atoms with Gasteiger partial charge in [0.05, 0.1) is 24.4 Å². The Morgan fingerprint density at radius 1 is 1.03 bits per heavy atom. The summed E-state index contributed by atoms with van der Waals surface area (Å²) in [7, 11) is 0. The molecule has 3 aliphatic rings. The van der Waals surface area contributed by atoms with Gasteiger partial charge < -0.3 is 19.6 Å². The van der Waals surface area contributed by atoms with Crippen LogP contribution in [0.1, 0.15) is 67.5 Å². The standard InChI is InChI=1S/C30H30N2O5/c1-2-28(14-15-28)17-25(33)29(12-4-3-5-13-29)32-26(34)24-16-21-8-11-23(31-27(21)37-24)20-6-9-22(10-7-20)30(35)18-36-19-30/h1,6-11,16,35H,3-5,12-15,17-19H2,(H,32,34). The lowest BCUT2D eigenvalue weighted by Crippen LogP contribution is -2.56. The van der Waals surface area contributed by atoms with Crippen LogP contribution in [0, 0.1) is 17.8 Å². The van der Waals surface area contributed by atoms with Crippen LogP contribution in [-0.2, 0) is 15.1 Å². The number of nitrogens with zero attached hydrogens (tertiary/aromatic N) is 1. The molecule has 7 heteroatoms. The van der Waals surface area contributed by atoms with Crippen LogP contribution in [0.25, 0.3) is 22.4 Å². The maximum Gasteiger partial charge on any atom is 0.287 e. The molecule has 1 saturated heterocycles. The molecule has 1 amide bonds. The first kappa shape index (κ1) is 23.9. The number of carbonyl (C=O) groups is 2. The fourth-order valence-electron chi connectivity index (χ4n) is 5.51. The SMILES string of the molecule is C#CC1(CC(=O)C2(NC(=O)c3cc4ccc(-c5ccc(C6(O)COC6)cc5)nc4o3)CCCCC2)CC1. The lowest BCUT2D eigenvalue weighted by atomic mass is 9.75. The predicted octanol–water partition coefficient (Wildman–Crippen LogP) is 4.52. The van der Waals surface area contributed by atoms with E-state index in [9.17, 15) is 14.7 Å². The molecule has 6 rings (SSSR count). The number of Topliss-reactive ketones (excluding diaryl/α,β-unsaturated/α-hetero) is 1. The number of terminal acetylenes is 1. The molecule has 1 aromatic carbocycles. The molecule has 3 fully saturated rings. The summed E-state index contributed by atoms with van der Waals surface area (Å²) >= 11 is 0. The number of furan rings is 1. The second kappa shape index (κ2) is 8.83. The Labute approximate surface area is 215 Å². The van der Waals surface area contributed by atoms with Crippen molar-refractivity contribution in [3.05, 3.63) is 53.8 Å². The Bertz CT molecular complexity index is 1400. The van der Waals surface area contributed by atoms with Crippen molar-refractivity contribution in [3.8, 4) is 23.6 Å². The Morgan fingerprint density at radius 3 is 2.38 bits per heavy atom. The van der Waals surface area contributed by atoms with Crippen molar-refractivity contribution in [1.29, 1.82) is 0 Å². The number of fused-ring (bicyclic) bond motifs is 1. The lowest BCUT2D eigenvalue weighted by molar-refractivity contribution is -0.184. The van der Waals surface area contributed by atoms with E-state index in [2.05, 4.69) is 16.2 Å². The van der Waals surface area contributed by atoms with Crippen molar-refractivity contribution < 1.29 is 23.8 Å². The molecule has 2 saturated carbocycles. The Balaban J connectivity index is 1.22. The first-order valence-corrected chi connectivity index (χ1v) is 13.0. The molecule has 0 bridgehead atoms. The maximum absolute atomic E-state index is 13.4. The molecule has 0 atom stereocenters. The van der Waals surface area contributed by atoms with Gasteiger partial charge in [-0.1, -0.05) is 49.4 Å². The third kappa shape index (κ3) is 4.35. The molecule has 37 heavy (non-hydrogen) atoms. The van der Waals surface area contributed by atoms with Crippen LogP contribution in [-0.4, -0.2) is 40.5 Å². The fraction of sp³-hybridized carbons (Fsp3) is 0.433. The van der Waals surface area contributed by atoms with Crippen molar-refractivity contribution in [2.24, 2.45) is 5.41 Å². The topological polar surface area (TPSA) is 102 Å². The summed E-state index contributed by atoms with van der Waals surface area (Å²) in [4.78, 5) is 31.3. The first-order valence-electron chi connectivity index (χ1n) is 13.0. The van der Waals surface area contributed by atoms with Gasteiger partial charge >= 0.3 is 0 Å². The minimum absolute atomic E-state index is 0.0362. The van der Waals surface area contributed by atoms with Gasteiger partial charge in [0.1, 0.15) is 5.60 Å². The van der Waals surface area contributed by atoms with Gasteiger partial charge in [-0.3, -0.25) is 9.59 Å². The first-order chi connectivity index (χ1) is 17.8. The summed E-state index contributed by atoms with van der Waals surface area (Å²) in [6, 6.07) is 13.0. The van der Waals surface area contributed by atoms with E-state index >= 15 is 0 Å². The average Bonchev–Trinajstić information content (AvgIpc) is 3.54. The van der Waals surface area contributed by atoms with Gasteiger partial charge in [-0.2, -0.15) is 0 Å². The fourth-order valence-corrected chi connectivity index (χ4v) is 5.51. The van der Waals surface area contributed by atoms with Crippen molar-refractivity contribution in [2.75, 3.05) is 13.2 Å². The highest BCUT2D eigenvalue weighted by Crippen LogP contribution is 2.49. The number of carbonyl (C=O) groups excluding carboxylic acids is 2. The van der Waals surface area contributed by atoms with Gasteiger partial charge in [-0.05, 0) is 49.4 Å². The molecule has 2 aromatic heterocycles. The molecule has 1 aliphatic heterocycles. The third-order valence-electron chi connectivity index (χ3n) is 8.26. The molecule has 0 radical (unpaired) electrons. The zero-order chi connectivity index (χ0) is 25.7. The summed E-state index contributed by atoms with van der Waals surface area (Å²) in [5, 5.41) is 14.2. The Hall–Kier alpha value is -3.47. The number of benzene rings is 1. The number of hydrogen-bond donors (Lipinski definition) is 2. The molecule has 0 unspecified atom stereocenters. The van der Waals surface area contributed by atoms with Gasteiger partial charge in [0.25, 0.3) is 5.91 Å². The summed E-state index contributed by atoms with van der Waals surface area (Å²) in [5.41, 5.74) is 0.583. The summed E-state index contributed by atoms with van der Waals surface area (Å²) in [5.74, 6) is 2.57. The number of ether oxygens (including phenoxy) is 1. The largest absolute Gasteiger partial charge is 0.433 e. The minimum atomic E-state index is -0.920. The highest BCUT2D eigenvalue weighted by Gasteiger charge is 2.49. The second-order valence-electron chi connectivity index (χ2n) is 10.9. The van der Waals surface area contributed by atoms with Gasteiger partial charge in [0, 0.05) is 22.8 Å². The summed E-state index contributed by atoms with van der Waals surface area (Å²) in [6.07, 6.45) is 11.8. The maximum atomic E-state index is 13.4. The molecule has 3 aromatic rings. The van der Waals surface area contributed by atoms with Gasteiger partial charge in [-0.15, -0.1) is 6.42 Å². The Morgan fingerprint density at radius 2 is 1.76 bits per heavy atom. The molecular formula is C30H30N2O5. The zero-order valence-electron chi connectivity index (χ0n) is 20.7. The van der Waals surface area contributed by atoms with E-state index < -0.39 is 17.0 Å². The van der Waals surface area contributed by atoms with E-state index in [1.165, 1.54) is 0 Å². The number of nitrogens with one attached hydrogen (secondary N) is 1. The van der Waals surface area contributed by atoms with Gasteiger partial charge in [-0.25, -0.2) is 4.98 Å². The van der Waals surface area contributed by atoms with Crippen molar-refractivity contribution in [1.82, 2.24) is 10.3 Å². The molecule has 0 spiro atoms. The highest BCUT2D eigenvalue weighted by molar-refractivity contribution is 6.00. The van der Waals surface area contributed by atoms with E-state index in [1.807, 2.05) is 36.4 Å². The van der Waals surface area contributed by atoms with Crippen LogP contribution in [0.2, 0.25) is 0 Å². The monoisotopic (exact) mass is 498 g/mol. The lowest BCUT2D eigenvalue weighted by Gasteiger charge is -2.37. The molecule has 2 aliphatic carbocycles. The molecule has 7 nitrogen and oxygen atoms in total. The van der Waals surface area contributed by atoms with E-state index in [0.717, 1.165) is 43.2 Å². The smallest absolute Gasteiger partial charge is 0.287 e.